The fraction of sp³-hybridized carbons (Fsp3) is 0.455. The molecule has 0 fully saturated rings. The van der Waals surface area contributed by atoms with Crippen molar-refractivity contribution in [2.75, 3.05) is 24.3 Å². The predicted molar refractivity (Wildman–Crippen MR) is 71.8 cm³/mol. The Hall–Kier alpha value is -1.31. The second kappa shape index (κ2) is 6.03. The number of anilines is 2. The van der Waals surface area contributed by atoms with Gasteiger partial charge in [-0.15, -0.1) is 0 Å². The molecule has 1 rings (SSSR count). The highest BCUT2D eigenvalue weighted by Gasteiger charge is 2.15. The van der Waals surface area contributed by atoms with E-state index in [1.807, 2.05) is 13.8 Å². The number of hydrogen-bond donors (Lipinski definition) is 3. The number of para-hydroxylation sites is 1. The summed E-state index contributed by atoms with van der Waals surface area (Å²) in [5.74, 6) is 0. The molecule has 6 nitrogen and oxygen atoms in total. The van der Waals surface area contributed by atoms with Crippen LogP contribution < -0.4 is 16.2 Å². The van der Waals surface area contributed by atoms with E-state index in [2.05, 4.69) is 5.32 Å². The quantitative estimate of drug-likeness (QED) is 0.663. The second-order valence-corrected chi connectivity index (χ2v) is 5.50. The minimum absolute atomic E-state index is 0.0166. The van der Waals surface area contributed by atoms with E-state index in [0.29, 0.717) is 18.9 Å². The zero-order valence-electron chi connectivity index (χ0n) is 10.5. The lowest BCUT2D eigenvalue weighted by Crippen LogP contribution is -2.23. The fourth-order valence-corrected chi connectivity index (χ4v) is 2.20. The van der Waals surface area contributed by atoms with Crippen LogP contribution in [0.15, 0.2) is 23.1 Å². The van der Waals surface area contributed by atoms with E-state index in [1.54, 1.807) is 12.1 Å². The Labute approximate surface area is 107 Å². The Morgan fingerprint density at radius 1 is 1.44 bits per heavy atom. The van der Waals surface area contributed by atoms with Crippen molar-refractivity contribution < 1.29 is 13.2 Å². The van der Waals surface area contributed by atoms with Gasteiger partial charge < -0.3 is 15.8 Å². The average Bonchev–Trinajstić information content (AvgIpc) is 2.27. The van der Waals surface area contributed by atoms with E-state index < -0.39 is 10.0 Å². The van der Waals surface area contributed by atoms with Gasteiger partial charge in [0.15, 0.2) is 0 Å². The lowest BCUT2D eigenvalue weighted by Gasteiger charge is -2.17. The van der Waals surface area contributed by atoms with Gasteiger partial charge in [0.2, 0.25) is 10.0 Å². The van der Waals surface area contributed by atoms with Crippen molar-refractivity contribution in [1.82, 2.24) is 0 Å². The summed E-state index contributed by atoms with van der Waals surface area (Å²) in [6, 6.07) is 4.68. The Bertz CT molecular complexity index is 502. The van der Waals surface area contributed by atoms with E-state index in [0.717, 1.165) is 0 Å². The van der Waals surface area contributed by atoms with Gasteiger partial charge in [-0.3, -0.25) is 0 Å². The maximum Gasteiger partial charge on any atom is 0.240 e. The van der Waals surface area contributed by atoms with Gasteiger partial charge in [0, 0.05) is 12.6 Å². The van der Waals surface area contributed by atoms with Gasteiger partial charge in [-0.05, 0) is 26.0 Å². The molecule has 0 aromatic heterocycles. The predicted octanol–water partition coefficient (Wildman–Crippen LogP) is 0.753. The van der Waals surface area contributed by atoms with Crippen LogP contribution in [0.2, 0.25) is 0 Å². The Morgan fingerprint density at radius 2 is 2.11 bits per heavy atom. The molecule has 102 valence electrons. The molecule has 0 aliphatic carbocycles. The lowest BCUT2D eigenvalue weighted by atomic mass is 10.2. The highest BCUT2D eigenvalue weighted by molar-refractivity contribution is 7.89. The van der Waals surface area contributed by atoms with Crippen molar-refractivity contribution in [3.05, 3.63) is 18.2 Å². The molecule has 0 aliphatic rings. The molecule has 1 aromatic rings. The molecule has 18 heavy (non-hydrogen) atoms. The molecule has 1 atom stereocenters. The Morgan fingerprint density at radius 3 is 2.67 bits per heavy atom. The highest BCUT2D eigenvalue weighted by Crippen LogP contribution is 2.26. The van der Waals surface area contributed by atoms with E-state index in [9.17, 15) is 8.42 Å². The Balaban J connectivity index is 2.91. The van der Waals surface area contributed by atoms with Gasteiger partial charge in [-0.1, -0.05) is 6.07 Å². The molecule has 0 aliphatic heterocycles. The maximum absolute atomic E-state index is 11.3. The van der Waals surface area contributed by atoms with Crippen LogP contribution in [0.5, 0.6) is 0 Å². The normalized spacial score (nSPS) is 13.3. The minimum atomic E-state index is -3.80. The number of nitrogens with two attached hydrogens (primary N) is 2. The largest absolute Gasteiger partial charge is 0.396 e. The molecule has 1 aromatic carbocycles. The molecule has 0 spiro atoms. The van der Waals surface area contributed by atoms with Crippen LogP contribution in [-0.2, 0) is 14.8 Å². The number of nitrogens with one attached hydrogen (secondary N) is 1. The van der Waals surface area contributed by atoms with E-state index in [1.165, 1.54) is 6.07 Å². The summed E-state index contributed by atoms with van der Waals surface area (Å²) < 4.78 is 27.9. The molecule has 0 heterocycles. The molecule has 0 bridgehead atoms. The van der Waals surface area contributed by atoms with Crippen molar-refractivity contribution in [2.24, 2.45) is 5.14 Å². The maximum atomic E-state index is 11.3. The molecule has 0 saturated carbocycles. The summed E-state index contributed by atoms with van der Waals surface area (Å²) in [5, 5.41) is 8.16. The van der Waals surface area contributed by atoms with Crippen LogP contribution in [-0.4, -0.2) is 27.7 Å². The number of sulfonamides is 1. The van der Waals surface area contributed by atoms with Crippen LogP contribution in [0.4, 0.5) is 11.4 Å². The molecule has 0 saturated heterocycles. The van der Waals surface area contributed by atoms with Crippen LogP contribution in [0, 0.1) is 0 Å². The van der Waals surface area contributed by atoms with Gasteiger partial charge in [0.05, 0.1) is 18.0 Å². The van der Waals surface area contributed by atoms with Crippen molar-refractivity contribution in [2.45, 2.75) is 24.8 Å². The van der Waals surface area contributed by atoms with Crippen LogP contribution in [0.1, 0.15) is 13.8 Å². The summed E-state index contributed by atoms with van der Waals surface area (Å²) in [6.07, 6.45) is 0. The molecule has 7 heteroatoms. The van der Waals surface area contributed by atoms with Crippen LogP contribution >= 0.6 is 0 Å². The van der Waals surface area contributed by atoms with Gasteiger partial charge >= 0.3 is 0 Å². The SMILES string of the molecule is CCOCC(C)Nc1cccc(S(N)(=O)=O)c1N. The molecule has 1 unspecified atom stereocenters. The molecular weight excluding hydrogens is 254 g/mol. The van der Waals surface area contributed by atoms with Gasteiger partial charge in [0.25, 0.3) is 0 Å². The van der Waals surface area contributed by atoms with E-state index in [4.69, 9.17) is 15.6 Å². The number of nitrogen functional groups attached to an aromatic ring is 1. The summed E-state index contributed by atoms with van der Waals surface area (Å²) in [6.45, 7) is 4.95. The number of ether oxygens (including phenoxy) is 1. The van der Waals surface area contributed by atoms with Crippen molar-refractivity contribution >= 4 is 21.4 Å². The average molecular weight is 273 g/mol. The van der Waals surface area contributed by atoms with Gasteiger partial charge in [-0.2, -0.15) is 0 Å². The van der Waals surface area contributed by atoms with E-state index in [-0.39, 0.29) is 16.6 Å². The zero-order valence-corrected chi connectivity index (χ0v) is 11.3. The summed E-state index contributed by atoms with van der Waals surface area (Å²) in [7, 11) is -3.80. The monoisotopic (exact) mass is 273 g/mol. The van der Waals surface area contributed by atoms with Crippen molar-refractivity contribution in [3.63, 3.8) is 0 Å². The minimum Gasteiger partial charge on any atom is -0.396 e. The third-order valence-electron chi connectivity index (χ3n) is 2.35. The number of benzene rings is 1. The summed E-state index contributed by atoms with van der Waals surface area (Å²) >= 11 is 0. The first kappa shape index (κ1) is 14.7. The van der Waals surface area contributed by atoms with Gasteiger partial charge in [0.1, 0.15) is 4.90 Å². The zero-order chi connectivity index (χ0) is 13.8. The summed E-state index contributed by atoms with van der Waals surface area (Å²) in [4.78, 5) is -0.0730. The number of hydrogen-bond acceptors (Lipinski definition) is 5. The smallest absolute Gasteiger partial charge is 0.240 e. The third kappa shape index (κ3) is 3.86. The number of rotatable bonds is 6. The molecule has 0 amide bonds. The lowest BCUT2D eigenvalue weighted by molar-refractivity contribution is 0.141. The first-order valence-electron chi connectivity index (χ1n) is 5.61. The van der Waals surface area contributed by atoms with Crippen molar-refractivity contribution in [1.29, 1.82) is 0 Å². The van der Waals surface area contributed by atoms with Crippen LogP contribution in [0.25, 0.3) is 0 Å². The van der Waals surface area contributed by atoms with Crippen LogP contribution in [0.3, 0.4) is 0 Å². The van der Waals surface area contributed by atoms with E-state index >= 15 is 0 Å². The first-order valence-corrected chi connectivity index (χ1v) is 7.16. The standard InChI is InChI=1S/C11H19N3O3S/c1-3-17-7-8(2)14-9-5-4-6-10(11(9)12)18(13,15)16/h4-6,8,14H,3,7,12H2,1-2H3,(H2,13,15,16). The van der Waals surface area contributed by atoms with Gasteiger partial charge in [-0.25, -0.2) is 13.6 Å². The number of primary sulfonamides is 1. The first-order chi connectivity index (χ1) is 8.36. The molecular formula is C11H19N3O3S. The molecule has 5 N–H and O–H groups in total. The third-order valence-corrected chi connectivity index (χ3v) is 3.32. The Kier molecular flexibility index (Phi) is 4.94. The van der Waals surface area contributed by atoms with Crippen molar-refractivity contribution in [3.8, 4) is 0 Å². The molecule has 0 radical (unpaired) electrons. The summed E-state index contributed by atoms with van der Waals surface area (Å²) in [5.41, 5.74) is 6.45. The fourth-order valence-electron chi connectivity index (χ4n) is 1.52. The topological polar surface area (TPSA) is 107 Å². The second-order valence-electron chi connectivity index (χ2n) is 3.97. The highest BCUT2D eigenvalue weighted by atomic mass is 32.2.